The monoisotopic (exact) mass is 345 g/mol. The number of benzene rings is 1. The molecular weight excluding hydrogens is 321 g/mol. The van der Waals surface area contributed by atoms with Crippen LogP contribution in [-0.4, -0.2) is 38.7 Å². The van der Waals surface area contributed by atoms with Gasteiger partial charge in [0.25, 0.3) is 5.56 Å². The van der Waals surface area contributed by atoms with Crippen molar-refractivity contribution in [2.75, 3.05) is 13.1 Å². The van der Waals surface area contributed by atoms with Gasteiger partial charge in [0.2, 0.25) is 0 Å². The average Bonchev–Trinajstić information content (AvgIpc) is 2.54. The first-order valence-electron chi connectivity index (χ1n) is 8.63. The van der Waals surface area contributed by atoms with Crippen molar-refractivity contribution in [3.05, 3.63) is 63.6 Å². The number of nitrogens with one attached hydrogen (secondary N) is 1. The molecule has 1 aromatic carbocycles. The second kappa shape index (κ2) is 7.06. The number of halogens is 1. The Labute approximate surface area is 146 Å². The predicted molar refractivity (Wildman–Crippen MR) is 93.9 cm³/mol. The highest BCUT2D eigenvalue weighted by molar-refractivity contribution is 5.19. The number of hydrogen-bond donors (Lipinski definition) is 2. The summed E-state index contributed by atoms with van der Waals surface area (Å²) in [5, 5.41) is 10.9. The number of aliphatic hydroxyl groups is 1. The molecule has 6 heteroatoms. The van der Waals surface area contributed by atoms with Crippen LogP contribution in [0.2, 0.25) is 0 Å². The summed E-state index contributed by atoms with van der Waals surface area (Å²) in [5.74, 6) is 0.377. The van der Waals surface area contributed by atoms with Crippen molar-refractivity contribution in [1.29, 1.82) is 0 Å². The van der Waals surface area contributed by atoms with Crippen LogP contribution in [0.25, 0.3) is 0 Å². The Balaban J connectivity index is 1.65. The van der Waals surface area contributed by atoms with Gasteiger partial charge in [0.1, 0.15) is 11.6 Å². The maximum absolute atomic E-state index is 13.3. The highest BCUT2D eigenvalue weighted by Crippen LogP contribution is 2.30. The molecule has 3 rings (SSSR count). The lowest BCUT2D eigenvalue weighted by Gasteiger charge is -2.40. The van der Waals surface area contributed by atoms with Crippen LogP contribution in [0.4, 0.5) is 4.39 Å². The fraction of sp³-hybridized carbons (Fsp3) is 0.474. The van der Waals surface area contributed by atoms with Gasteiger partial charge in [0.15, 0.2) is 0 Å². The number of aryl methyl sites for hydroxylation is 1. The molecule has 0 bridgehead atoms. The molecule has 5 nitrogen and oxygen atoms in total. The lowest BCUT2D eigenvalue weighted by Crippen LogP contribution is -2.46. The molecule has 1 aromatic heterocycles. The molecule has 1 aliphatic rings. The van der Waals surface area contributed by atoms with E-state index in [1.807, 2.05) is 13.0 Å². The van der Waals surface area contributed by atoms with Crippen molar-refractivity contribution in [2.24, 2.45) is 0 Å². The van der Waals surface area contributed by atoms with Crippen LogP contribution in [0.5, 0.6) is 0 Å². The van der Waals surface area contributed by atoms with Crippen LogP contribution in [0.1, 0.15) is 42.9 Å². The van der Waals surface area contributed by atoms with Gasteiger partial charge in [-0.2, -0.15) is 0 Å². The van der Waals surface area contributed by atoms with E-state index in [2.05, 4.69) is 14.9 Å². The van der Waals surface area contributed by atoms with E-state index < -0.39 is 5.60 Å². The number of rotatable bonds is 4. The quantitative estimate of drug-likeness (QED) is 0.892. The first-order valence-corrected chi connectivity index (χ1v) is 8.63. The second-order valence-corrected chi connectivity index (χ2v) is 7.01. The largest absolute Gasteiger partial charge is 0.389 e. The average molecular weight is 345 g/mol. The van der Waals surface area contributed by atoms with E-state index in [1.54, 1.807) is 13.0 Å². The molecule has 1 unspecified atom stereocenters. The number of aromatic nitrogens is 2. The summed E-state index contributed by atoms with van der Waals surface area (Å²) >= 11 is 0. The Hall–Kier alpha value is -2.05. The number of H-pyrrole nitrogens is 1. The molecular formula is C19H24FN3O2. The van der Waals surface area contributed by atoms with Crippen LogP contribution in [0, 0.1) is 12.7 Å². The first-order chi connectivity index (χ1) is 11.8. The molecule has 1 fully saturated rings. The first kappa shape index (κ1) is 17.8. The summed E-state index contributed by atoms with van der Waals surface area (Å²) in [4.78, 5) is 21.1. The second-order valence-electron chi connectivity index (χ2n) is 7.01. The molecule has 0 spiro atoms. The van der Waals surface area contributed by atoms with Gasteiger partial charge >= 0.3 is 0 Å². The molecule has 2 heterocycles. The highest BCUT2D eigenvalue weighted by atomic mass is 19.1. The van der Waals surface area contributed by atoms with Crippen molar-refractivity contribution in [2.45, 2.75) is 44.8 Å². The van der Waals surface area contributed by atoms with Crippen molar-refractivity contribution in [1.82, 2.24) is 14.9 Å². The van der Waals surface area contributed by atoms with Gasteiger partial charge in [-0.15, -0.1) is 0 Å². The van der Waals surface area contributed by atoms with Crippen LogP contribution >= 0.6 is 0 Å². The summed E-state index contributed by atoms with van der Waals surface area (Å²) in [6.07, 6.45) is 1.65. The van der Waals surface area contributed by atoms with Gasteiger partial charge in [0, 0.05) is 31.3 Å². The summed E-state index contributed by atoms with van der Waals surface area (Å²) in [6.45, 7) is 5.21. The summed E-state index contributed by atoms with van der Waals surface area (Å²) in [7, 11) is 0. The zero-order valence-corrected chi connectivity index (χ0v) is 14.6. The number of piperidine rings is 1. The van der Waals surface area contributed by atoms with Gasteiger partial charge in [-0.1, -0.05) is 12.1 Å². The topological polar surface area (TPSA) is 69.2 Å². The summed E-state index contributed by atoms with van der Waals surface area (Å²) in [6, 6.07) is 7.86. The van der Waals surface area contributed by atoms with Crippen LogP contribution in [0.15, 0.2) is 35.1 Å². The van der Waals surface area contributed by atoms with E-state index in [4.69, 9.17) is 0 Å². The Bertz CT molecular complexity index is 797. The molecule has 25 heavy (non-hydrogen) atoms. The molecule has 0 aliphatic carbocycles. The minimum absolute atomic E-state index is 0.0219. The Morgan fingerprint density at radius 1 is 1.36 bits per heavy atom. The number of aromatic amines is 1. The van der Waals surface area contributed by atoms with E-state index in [0.29, 0.717) is 43.9 Å². The van der Waals surface area contributed by atoms with Gasteiger partial charge in [-0.25, -0.2) is 9.37 Å². The third-order valence-electron chi connectivity index (χ3n) is 4.98. The Morgan fingerprint density at radius 3 is 2.72 bits per heavy atom. The third kappa shape index (κ3) is 4.32. The minimum Gasteiger partial charge on any atom is -0.389 e. The van der Waals surface area contributed by atoms with Gasteiger partial charge < -0.3 is 10.1 Å². The van der Waals surface area contributed by atoms with E-state index >= 15 is 0 Å². The SMILES string of the molecule is Cc1cc(=O)[nH]c(C(C)N2CCC(O)(Cc3cccc(F)c3)CC2)n1. The molecule has 2 N–H and O–H groups in total. The fourth-order valence-corrected chi connectivity index (χ4v) is 3.50. The van der Waals surface area contributed by atoms with Gasteiger partial charge in [-0.05, 0) is 44.4 Å². The van der Waals surface area contributed by atoms with Gasteiger partial charge in [-0.3, -0.25) is 9.69 Å². The molecule has 1 atom stereocenters. The van der Waals surface area contributed by atoms with Gasteiger partial charge in [0.05, 0.1) is 11.6 Å². The molecule has 0 amide bonds. The number of hydrogen-bond acceptors (Lipinski definition) is 4. The maximum atomic E-state index is 13.3. The number of likely N-dealkylation sites (tertiary alicyclic amines) is 1. The van der Waals surface area contributed by atoms with Crippen molar-refractivity contribution in [3.8, 4) is 0 Å². The fourth-order valence-electron chi connectivity index (χ4n) is 3.50. The Kier molecular flexibility index (Phi) is 5.01. The van der Waals surface area contributed by atoms with Crippen LogP contribution < -0.4 is 5.56 Å². The smallest absolute Gasteiger partial charge is 0.251 e. The summed E-state index contributed by atoms with van der Waals surface area (Å²) < 4.78 is 13.3. The van der Waals surface area contributed by atoms with Crippen molar-refractivity contribution >= 4 is 0 Å². The standard InChI is InChI=1S/C19H24FN3O2/c1-13-10-17(24)22-18(21-13)14(2)23-8-6-19(25,7-9-23)12-15-4-3-5-16(20)11-15/h3-5,10-11,14,25H,6-9,12H2,1-2H3,(H,21,22,24). The molecule has 1 saturated heterocycles. The van der Waals surface area contributed by atoms with E-state index in [-0.39, 0.29) is 17.4 Å². The van der Waals surface area contributed by atoms with Crippen molar-refractivity contribution < 1.29 is 9.50 Å². The summed E-state index contributed by atoms with van der Waals surface area (Å²) in [5.41, 5.74) is 0.546. The highest BCUT2D eigenvalue weighted by Gasteiger charge is 2.34. The zero-order chi connectivity index (χ0) is 18.0. The third-order valence-corrected chi connectivity index (χ3v) is 4.98. The Morgan fingerprint density at radius 2 is 2.08 bits per heavy atom. The van der Waals surface area contributed by atoms with E-state index in [1.165, 1.54) is 18.2 Å². The molecule has 0 saturated carbocycles. The lowest BCUT2D eigenvalue weighted by atomic mass is 9.85. The number of nitrogens with zero attached hydrogens (tertiary/aromatic N) is 2. The lowest BCUT2D eigenvalue weighted by molar-refractivity contribution is -0.0300. The molecule has 2 aromatic rings. The normalized spacial score (nSPS) is 18.9. The van der Waals surface area contributed by atoms with E-state index in [0.717, 1.165) is 5.56 Å². The van der Waals surface area contributed by atoms with Crippen molar-refractivity contribution in [3.63, 3.8) is 0 Å². The zero-order valence-electron chi connectivity index (χ0n) is 14.6. The van der Waals surface area contributed by atoms with Crippen LogP contribution in [0.3, 0.4) is 0 Å². The molecule has 134 valence electrons. The van der Waals surface area contributed by atoms with E-state index in [9.17, 15) is 14.3 Å². The maximum Gasteiger partial charge on any atom is 0.251 e. The predicted octanol–water partition coefficient (Wildman–Crippen LogP) is 2.35. The van der Waals surface area contributed by atoms with Crippen LogP contribution in [-0.2, 0) is 6.42 Å². The minimum atomic E-state index is -0.822. The molecule has 1 aliphatic heterocycles. The molecule has 0 radical (unpaired) electrons.